The van der Waals surface area contributed by atoms with E-state index in [1.807, 2.05) is 0 Å². The molecule has 0 fully saturated rings. The lowest BCUT2D eigenvalue weighted by Gasteiger charge is -2.30. The lowest BCUT2D eigenvalue weighted by atomic mass is 9.94. The molecule has 0 saturated heterocycles. The van der Waals surface area contributed by atoms with Gasteiger partial charge in [0, 0.05) is 42.6 Å². The van der Waals surface area contributed by atoms with E-state index in [4.69, 9.17) is 2.74 Å². The maximum atomic E-state index is 11.3. The summed E-state index contributed by atoms with van der Waals surface area (Å²) >= 11 is 0. The van der Waals surface area contributed by atoms with Crippen LogP contribution in [0.1, 0.15) is 20.8 Å². The summed E-state index contributed by atoms with van der Waals surface area (Å²) in [7, 11) is 0. The molecule has 3 rings (SSSR count). The van der Waals surface area contributed by atoms with Gasteiger partial charge in [0.25, 0.3) is 5.69 Å². The Balaban J connectivity index is 2.16. The van der Waals surface area contributed by atoms with Crippen LogP contribution in [0.4, 0.5) is 17.1 Å². The number of fused-ring (bicyclic) bond motifs is 3. The van der Waals surface area contributed by atoms with Crippen LogP contribution in [0.25, 0.3) is 0 Å². The largest absolute Gasteiger partial charge is 0.358 e. The minimum atomic E-state index is -0.369. The molecule has 2 aliphatic rings. The standard InChI is InChI=1S/C13H16N4O2/c1-2-16-6-3-9-10(8-16)13-11(14-4-5-15-13)7-12(9)17(18)19/h4-5,7,14-15H,2-3,6,8H2,1H3/i4D,5D. The second kappa shape index (κ2) is 4.55. The summed E-state index contributed by atoms with van der Waals surface area (Å²) in [5.74, 6) is 0. The topological polar surface area (TPSA) is 70.4 Å². The first kappa shape index (κ1) is 9.80. The first-order valence-corrected chi connectivity index (χ1v) is 6.28. The Bertz CT molecular complexity index is 660. The van der Waals surface area contributed by atoms with Crippen molar-refractivity contribution in [1.82, 2.24) is 4.90 Å². The number of benzene rings is 1. The molecule has 0 unspecified atom stereocenters. The predicted octanol–water partition coefficient (Wildman–Crippen LogP) is 2.28. The number of rotatable bonds is 2. The van der Waals surface area contributed by atoms with Gasteiger partial charge in [-0.25, -0.2) is 0 Å². The molecule has 0 saturated carbocycles. The molecule has 0 aliphatic carbocycles. The zero-order valence-electron chi connectivity index (χ0n) is 12.6. The van der Waals surface area contributed by atoms with E-state index >= 15 is 0 Å². The molecular formula is C13H16N4O2. The predicted molar refractivity (Wildman–Crippen MR) is 74.1 cm³/mol. The second-order valence-electron chi connectivity index (χ2n) is 4.65. The SMILES string of the molecule is [2H]C1=C([2H])Nc2c(cc([N+](=O)[O-])c3c2CN(CC)CC3)N1. The molecule has 0 amide bonds. The lowest BCUT2D eigenvalue weighted by Crippen LogP contribution is -2.31. The monoisotopic (exact) mass is 262 g/mol. The maximum absolute atomic E-state index is 11.3. The van der Waals surface area contributed by atoms with Crippen LogP contribution in [0.5, 0.6) is 0 Å². The van der Waals surface area contributed by atoms with Gasteiger partial charge in [0.1, 0.15) is 0 Å². The van der Waals surface area contributed by atoms with Gasteiger partial charge in [0.05, 0.1) is 19.0 Å². The molecule has 0 bridgehead atoms. The molecule has 2 aliphatic heterocycles. The fourth-order valence-corrected chi connectivity index (χ4v) is 2.66. The number of nitro benzene ring substituents is 1. The van der Waals surface area contributed by atoms with Crippen molar-refractivity contribution in [1.29, 1.82) is 0 Å². The van der Waals surface area contributed by atoms with Crippen molar-refractivity contribution >= 4 is 17.1 Å². The third-order valence-corrected chi connectivity index (χ3v) is 3.68. The molecule has 1 aromatic carbocycles. The quantitative estimate of drug-likeness (QED) is 0.632. The minimum absolute atomic E-state index is 0.0211. The lowest BCUT2D eigenvalue weighted by molar-refractivity contribution is -0.385. The minimum Gasteiger partial charge on any atom is -0.358 e. The highest BCUT2D eigenvalue weighted by Gasteiger charge is 2.28. The van der Waals surface area contributed by atoms with Gasteiger partial charge in [-0.15, -0.1) is 0 Å². The van der Waals surface area contributed by atoms with Crippen molar-refractivity contribution in [3.05, 3.63) is 39.7 Å². The summed E-state index contributed by atoms with van der Waals surface area (Å²) in [6.07, 6.45) is 0.520. The highest BCUT2D eigenvalue weighted by atomic mass is 16.6. The molecular weight excluding hydrogens is 244 g/mol. The van der Waals surface area contributed by atoms with Crippen molar-refractivity contribution in [3.63, 3.8) is 0 Å². The van der Waals surface area contributed by atoms with E-state index in [0.29, 0.717) is 24.3 Å². The molecule has 0 radical (unpaired) electrons. The Morgan fingerprint density at radius 3 is 3.00 bits per heavy atom. The third-order valence-electron chi connectivity index (χ3n) is 3.68. The van der Waals surface area contributed by atoms with Gasteiger partial charge in [0.2, 0.25) is 0 Å². The van der Waals surface area contributed by atoms with E-state index < -0.39 is 0 Å². The van der Waals surface area contributed by atoms with E-state index in [1.165, 1.54) is 6.07 Å². The van der Waals surface area contributed by atoms with Gasteiger partial charge in [-0.2, -0.15) is 0 Å². The third kappa shape index (κ3) is 1.94. The van der Waals surface area contributed by atoms with E-state index in [-0.39, 0.29) is 23.0 Å². The molecule has 2 heterocycles. The fraction of sp³-hybridized carbons (Fsp3) is 0.385. The molecule has 1 aromatic rings. The zero-order chi connectivity index (χ0) is 15.1. The molecule has 19 heavy (non-hydrogen) atoms. The maximum Gasteiger partial charge on any atom is 0.275 e. The zero-order valence-corrected chi connectivity index (χ0v) is 10.6. The van der Waals surface area contributed by atoms with E-state index in [2.05, 4.69) is 22.5 Å². The first-order valence-electron chi connectivity index (χ1n) is 7.28. The number of nitro groups is 1. The summed E-state index contributed by atoms with van der Waals surface area (Å²) in [6.45, 7) is 4.34. The van der Waals surface area contributed by atoms with Crippen LogP contribution in [0.15, 0.2) is 18.4 Å². The van der Waals surface area contributed by atoms with Crippen LogP contribution in [0, 0.1) is 10.1 Å². The molecule has 2 N–H and O–H groups in total. The van der Waals surface area contributed by atoms with Crippen molar-refractivity contribution in [3.8, 4) is 0 Å². The molecule has 0 spiro atoms. The molecule has 100 valence electrons. The Morgan fingerprint density at radius 1 is 1.47 bits per heavy atom. The van der Waals surface area contributed by atoms with Gasteiger partial charge in [-0.1, -0.05) is 6.92 Å². The summed E-state index contributed by atoms with van der Waals surface area (Å²) in [5, 5.41) is 17.0. The van der Waals surface area contributed by atoms with Gasteiger partial charge >= 0.3 is 0 Å². The average Bonchev–Trinajstić information content (AvgIpc) is 2.47. The Morgan fingerprint density at radius 2 is 2.26 bits per heavy atom. The van der Waals surface area contributed by atoms with Crippen LogP contribution in [-0.2, 0) is 13.0 Å². The van der Waals surface area contributed by atoms with E-state index in [9.17, 15) is 10.1 Å². The van der Waals surface area contributed by atoms with Crippen molar-refractivity contribution in [2.24, 2.45) is 0 Å². The Kier molecular flexibility index (Phi) is 2.34. The van der Waals surface area contributed by atoms with Crippen LogP contribution < -0.4 is 10.6 Å². The molecule has 6 nitrogen and oxygen atoms in total. The summed E-state index contributed by atoms with van der Waals surface area (Å²) < 4.78 is 15.4. The molecule has 0 aromatic heterocycles. The van der Waals surface area contributed by atoms with Crippen LogP contribution >= 0.6 is 0 Å². The van der Waals surface area contributed by atoms with Gasteiger partial charge in [-0.05, 0) is 13.0 Å². The first-order chi connectivity index (χ1) is 10.0. The second-order valence-corrected chi connectivity index (χ2v) is 4.65. The summed E-state index contributed by atoms with van der Waals surface area (Å²) in [5.41, 5.74) is 2.88. The molecule has 6 heteroatoms. The number of nitrogens with zero attached hydrogens (tertiary/aromatic N) is 2. The van der Waals surface area contributed by atoms with Crippen molar-refractivity contribution in [2.45, 2.75) is 19.9 Å². The Labute approximate surface area is 114 Å². The fourth-order valence-electron chi connectivity index (χ4n) is 2.66. The number of hydrogen-bond acceptors (Lipinski definition) is 5. The number of hydrogen-bond donors (Lipinski definition) is 2. The van der Waals surface area contributed by atoms with Gasteiger partial charge in [0.15, 0.2) is 0 Å². The Hall–Kier alpha value is -2.08. The van der Waals surface area contributed by atoms with Crippen molar-refractivity contribution in [2.75, 3.05) is 23.7 Å². The number of anilines is 2. The van der Waals surface area contributed by atoms with Crippen LogP contribution in [0.3, 0.4) is 0 Å². The van der Waals surface area contributed by atoms with E-state index in [1.54, 1.807) is 0 Å². The average molecular weight is 262 g/mol. The number of nitrogens with one attached hydrogen (secondary N) is 2. The highest BCUT2D eigenvalue weighted by Crippen LogP contribution is 2.40. The van der Waals surface area contributed by atoms with Crippen LogP contribution in [-0.4, -0.2) is 22.9 Å². The van der Waals surface area contributed by atoms with Gasteiger partial charge in [-0.3, -0.25) is 15.0 Å². The van der Waals surface area contributed by atoms with Crippen molar-refractivity contribution < 1.29 is 7.66 Å². The normalized spacial score (nSPS) is 19.6. The van der Waals surface area contributed by atoms with Gasteiger partial charge < -0.3 is 10.6 Å². The highest BCUT2D eigenvalue weighted by molar-refractivity contribution is 5.81. The van der Waals surface area contributed by atoms with Crippen LogP contribution in [0.2, 0.25) is 0 Å². The van der Waals surface area contributed by atoms with E-state index in [0.717, 1.165) is 24.2 Å². The summed E-state index contributed by atoms with van der Waals surface area (Å²) in [4.78, 5) is 13.1. The number of likely N-dealkylation sites (N-methyl/N-ethyl adjacent to an activating group) is 1. The molecule has 0 atom stereocenters. The summed E-state index contributed by atoms with van der Waals surface area (Å²) in [6, 6.07) is 1.46. The smallest absolute Gasteiger partial charge is 0.275 e.